The fourth-order valence-corrected chi connectivity index (χ4v) is 13.4. The van der Waals surface area contributed by atoms with Crippen LogP contribution in [0.25, 0.3) is 10.8 Å². The maximum Gasteiger partial charge on any atom is 0.187 e. The molecule has 1 N–H and O–H groups in total. The molecule has 13 heteroatoms. The van der Waals surface area contributed by atoms with Crippen molar-refractivity contribution in [2.45, 2.75) is 145 Å². The van der Waals surface area contributed by atoms with Gasteiger partial charge >= 0.3 is 0 Å². The first kappa shape index (κ1) is 63.5. The molecule has 92 heavy (non-hydrogen) atoms. The van der Waals surface area contributed by atoms with E-state index in [1.165, 1.54) is 0 Å². The molecule has 4 aliphatic rings. The van der Waals surface area contributed by atoms with E-state index in [2.05, 4.69) is 85.8 Å². The summed E-state index contributed by atoms with van der Waals surface area (Å²) in [7, 11) is 0. The first-order chi connectivity index (χ1) is 45.4. The van der Waals surface area contributed by atoms with Crippen molar-refractivity contribution in [3.8, 4) is 0 Å². The summed E-state index contributed by atoms with van der Waals surface area (Å²) in [5.74, 6) is -0.614. The lowest BCUT2D eigenvalue weighted by atomic mass is 9.70. The summed E-state index contributed by atoms with van der Waals surface area (Å²) in [5.41, 5.74) is 7.72. The van der Waals surface area contributed by atoms with Crippen molar-refractivity contribution in [1.29, 1.82) is 0 Å². The van der Waals surface area contributed by atoms with Gasteiger partial charge in [0.15, 0.2) is 12.6 Å². The molecule has 0 bridgehead atoms. The molecule has 0 spiro atoms. The summed E-state index contributed by atoms with van der Waals surface area (Å²) in [6.07, 6.45) is -11.4. The minimum atomic E-state index is -1.39. The Bertz CT molecular complexity index is 3610. The maximum atomic E-state index is 13.0. The van der Waals surface area contributed by atoms with Gasteiger partial charge < -0.3 is 61.9 Å². The lowest BCUT2D eigenvalue weighted by Crippen LogP contribution is -2.69. The van der Waals surface area contributed by atoms with Crippen molar-refractivity contribution >= 4 is 10.8 Å². The van der Waals surface area contributed by atoms with E-state index in [1.807, 2.05) is 176 Å². The van der Waals surface area contributed by atoms with Crippen LogP contribution in [0.4, 0.5) is 0 Å². The van der Waals surface area contributed by atoms with E-state index in [9.17, 15) is 5.11 Å². The second-order valence-electron chi connectivity index (χ2n) is 24.6. The van der Waals surface area contributed by atoms with Gasteiger partial charge in [0.05, 0.1) is 83.9 Å². The number of ether oxygens (including phenoxy) is 12. The number of fused-ring (bicyclic) bond motifs is 2. The molecular formula is C79H82O13. The summed E-state index contributed by atoms with van der Waals surface area (Å²) < 4.78 is 86.4. The molecule has 1 unspecified atom stereocenters. The van der Waals surface area contributed by atoms with Gasteiger partial charge in [0.2, 0.25) is 0 Å². The average Bonchev–Trinajstić information content (AvgIpc) is 0.825. The highest BCUT2D eigenvalue weighted by atomic mass is 16.8. The Hall–Kier alpha value is -7.28. The highest BCUT2D eigenvalue weighted by molar-refractivity contribution is 5.83. The van der Waals surface area contributed by atoms with Crippen LogP contribution >= 0.6 is 0 Å². The Kier molecular flexibility index (Phi) is 21.8. The molecule has 3 aliphatic heterocycles. The van der Waals surface area contributed by atoms with E-state index in [-0.39, 0.29) is 52.2 Å². The Labute approximate surface area is 539 Å². The topological polar surface area (TPSA) is 131 Å². The van der Waals surface area contributed by atoms with Crippen molar-refractivity contribution < 1.29 is 61.9 Å². The Morgan fingerprint density at radius 3 is 1.40 bits per heavy atom. The Morgan fingerprint density at radius 2 is 0.848 bits per heavy atom. The van der Waals surface area contributed by atoms with Crippen LogP contribution in [0, 0.1) is 11.8 Å². The van der Waals surface area contributed by atoms with Crippen molar-refractivity contribution in [3.05, 3.63) is 299 Å². The Morgan fingerprint density at radius 1 is 0.391 bits per heavy atom. The third-order valence-electron chi connectivity index (χ3n) is 18.1. The van der Waals surface area contributed by atoms with Crippen LogP contribution in [-0.4, -0.2) is 97.9 Å². The molecule has 3 saturated heterocycles. The minimum Gasteiger partial charge on any atom is -0.385 e. The first-order valence-corrected chi connectivity index (χ1v) is 32.4. The van der Waals surface area contributed by atoms with Crippen molar-refractivity contribution in [3.63, 3.8) is 0 Å². The van der Waals surface area contributed by atoms with Crippen LogP contribution in [0.5, 0.6) is 0 Å². The highest BCUT2D eigenvalue weighted by Crippen LogP contribution is 2.46. The average molecular weight is 1240 g/mol. The van der Waals surface area contributed by atoms with Gasteiger partial charge in [0.1, 0.15) is 48.8 Å². The molecule has 3 heterocycles. The van der Waals surface area contributed by atoms with Crippen molar-refractivity contribution in [2.24, 2.45) is 11.8 Å². The molecule has 13 rings (SSSR count). The molecular weight excluding hydrogens is 1160 g/mol. The van der Waals surface area contributed by atoms with E-state index in [0.717, 1.165) is 55.3 Å². The molecule has 0 radical (unpaired) electrons. The summed E-state index contributed by atoms with van der Waals surface area (Å²) in [5, 5.41) is 15.3. The van der Waals surface area contributed by atoms with Crippen LogP contribution < -0.4 is 0 Å². The zero-order valence-corrected chi connectivity index (χ0v) is 51.9. The number of aliphatic hydroxyl groups excluding tert-OH is 1. The van der Waals surface area contributed by atoms with Gasteiger partial charge in [-0.05, 0) is 68.1 Å². The molecule has 13 nitrogen and oxygen atoms in total. The van der Waals surface area contributed by atoms with E-state index in [4.69, 9.17) is 56.8 Å². The molecule has 4 fully saturated rings. The molecule has 16 atom stereocenters. The van der Waals surface area contributed by atoms with Crippen LogP contribution in [0.3, 0.4) is 0 Å². The standard InChI is InChI=1S/C79H82O13/c1-54-43-65(82-51-61-41-42-62-37-23-24-40-64(62)44-61)68(73(84-47-57-29-13-4-14-30-57)70(54)83-46-56-27-11-3-12-28-56)74-77(87-50-60-35-19-7-20-36-60)76(86-49-59-33-17-6-18-34-59)72(66(89-74)52-81-45-55-25-9-2-10-26-55)92-79-69(80)75(85-48-58-31-15-5-16-32-58)71-67(90-79)53-88-78(91-71)63-38-21-8-22-39-63/h2-42,44,54,65-80H,43,45-53H2,1H3/t54-,65-,66-,67-,68+,69-,70+,71-,72-,73+,74-,75-,76+,77+,78?,79+/m1/s1. The van der Waals surface area contributed by atoms with E-state index in [1.54, 1.807) is 0 Å². The fourth-order valence-electron chi connectivity index (χ4n) is 13.4. The molecule has 1 saturated carbocycles. The SMILES string of the molecule is C[C@@H]1C[C@@H](OCc2ccc3ccccc3c2)[C@H]([C@H]2O[C@H](COCc3ccccc3)[C@@H](O[C@@H]3O[C@@H]4COC(c5ccccc5)O[C@H]4[C@H](OCc4ccccc4)[C@H]3O)[C@H](OCc3ccccc3)[C@H]2OCc2ccccc2)[C@H](OCc2ccccc2)[C@H]1OCc1ccccc1. The zero-order chi connectivity index (χ0) is 62.3. The lowest BCUT2D eigenvalue weighted by Gasteiger charge is -2.55. The van der Waals surface area contributed by atoms with Crippen molar-refractivity contribution in [1.82, 2.24) is 0 Å². The highest BCUT2D eigenvalue weighted by Gasteiger charge is 2.59. The number of hydrogen-bond donors (Lipinski definition) is 1. The van der Waals surface area contributed by atoms with E-state index < -0.39 is 91.7 Å². The summed E-state index contributed by atoms with van der Waals surface area (Å²) in [6.45, 7) is 4.18. The minimum absolute atomic E-state index is 0.0374. The second-order valence-corrected chi connectivity index (χ2v) is 24.6. The Balaban J connectivity index is 0.922. The molecule has 9 aromatic carbocycles. The second kappa shape index (κ2) is 31.6. The number of hydrogen-bond acceptors (Lipinski definition) is 13. The molecule has 476 valence electrons. The fraction of sp³-hybridized carbons (Fsp3) is 0.342. The number of benzene rings is 9. The largest absolute Gasteiger partial charge is 0.385 e. The quantitative estimate of drug-likeness (QED) is 0.0552. The van der Waals surface area contributed by atoms with Crippen LogP contribution in [0.15, 0.2) is 255 Å². The van der Waals surface area contributed by atoms with Gasteiger partial charge in [0.25, 0.3) is 0 Å². The van der Waals surface area contributed by atoms with Gasteiger partial charge in [-0.1, -0.05) is 256 Å². The predicted octanol–water partition coefficient (Wildman–Crippen LogP) is 13.9. The van der Waals surface area contributed by atoms with Crippen LogP contribution in [0.1, 0.15) is 64.1 Å². The van der Waals surface area contributed by atoms with Crippen molar-refractivity contribution in [2.75, 3.05) is 13.2 Å². The lowest BCUT2D eigenvalue weighted by molar-refractivity contribution is -0.388. The van der Waals surface area contributed by atoms with Gasteiger partial charge in [-0.15, -0.1) is 0 Å². The zero-order valence-electron chi connectivity index (χ0n) is 51.9. The van der Waals surface area contributed by atoms with Crippen LogP contribution in [-0.2, 0) is 103 Å². The maximum absolute atomic E-state index is 13.0. The third-order valence-corrected chi connectivity index (χ3v) is 18.1. The van der Waals surface area contributed by atoms with Crippen LogP contribution in [0.2, 0.25) is 0 Å². The first-order valence-electron chi connectivity index (χ1n) is 32.4. The normalized spacial score (nSPS) is 28.1. The number of rotatable bonds is 26. The third kappa shape index (κ3) is 16.0. The van der Waals surface area contributed by atoms with Gasteiger partial charge in [-0.25, -0.2) is 0 Å². The van der Waals surface area contributed by atoms with Gasteiger partial charge in [0, 0.05) is 11.5 Å². The predicted molar refractivity (Wildman–Crippen MR) is 349 cm³/mol. The summed E-state index contributed by atoms with van der Waals surface area (Å²) in [6, 6.07) is 85.4. The van der Waals surface area contributed by atoms with Gasteiger partial charge in [-0.3, -0.25) is 0 Å². The summed E-state index contributed by atoms with van der Waals surface area (Å²) >= 11 is 0. The molecule has 1 aliphatic carbocycles. The molecule has 0 aromatic heterocycles. The van der Waals surface area contributed by atoms with Gasteiger partial charge in [-0.2, -0.15) is 0 Å². The van der Waals surface area contributed by atoms with E-state index >= 15 is 0 Å². The number of aliphatic hydroxyl groups is 1. The molecule has 0 amide bonds. The smallest absolute Gasteiger partial charge is 0.187 e. The summed E-state index contributed by atoms with van der Waals surface area (Å²) in [4.78, 5) is 0. The monoisotopic (exact) mass is 1240 g/mol. The van der Waals surface area contributed by atoms with E-state index in [0.29, 0.717) is 19.6 Å². The molecule has 9 aromatic rings.